The minimum atomic E-state index is -1.08. The third kappa shape index (κ3) is 2.06. The molecule has 1 aromatic carbocycles. The zero-order valence-electron chi connectivity index (χ0n) is 9.64. The molecule has 80 valence electrons. The maximum Gasteiger partial charge on any atom is 1.00 e. The molecule has 0 atom stereocenters. The van der Waals surface area contributed by atoms with E-state index in [2.05, 4.69) is 11.0 Å². The van der Waals surface area contributed by atoms with Crippen LogP contribution in [0.1, 0.15) is 11.1 Å². The molecule has 1 aromatic rings. The maximum atomic E-state index is 10.9. The van der Waals surface area contributed by atoms with Crippen LogP contribution < -0.4 is 39.6 Å². The molecule has 0 saturated carbocycles. The Morgan fingerprint density at radius 1 is 1.29 bits per heavy atom. The van der Waals surface area contributed by atoms with Gasteiger partial charge in [-0.3, -0.25) is 0 Å². The number of nitrogens with zero attached hydrogens (tertiary/aromatic N) is 1. The van der Waals surface area contributed by atoms with Gasteiger partial charge in [0.1, 0.15) is 0 Å². The van der Waals surface area contributed by atoms with Crippen LogP contribution in [0.25, 0.3) is 12.2 Å². The van der Waals surface area contributed by atoms with E-state index in [1.165, 1.54) is 0 Å². The quantitative estimate of drug-likeness (QED) is 0.513. The van der Waals surface area contributed by atoms with E-state index < -0.39 is 5.97 Å². The van der Waals surface area contributed by atoms with Gasteiger partial charge in [0.25, 0.3) is 0 Å². The Morgan fingerprint density at radius 2 is 2.06 bits per heavy atom. The molecule has 4 heteroatoms. The predicted molar refractivity (Wildman–Crippen MR) is 60.7 cm³/mol. The van der Waals surface area contributed by atoms with Crippen LogP contribution in [0.15, 0.2) is 29.8 Å². The molecule has 0 fully saturated rings. The summed E-state index contributed by atoms with van der Waals surface area (Å²) in [5, 5.41) is 10.9. The minimum absolute atomic E-state index is 0. The van der Waals surface area contributed by atoms with Gasteiger partial charge >= 0.3 is 29.6 Å². The first-order valence-corrected chi connectivity index (χ1v) is 5.22. The fourth-order valence-electron chi connectivity index (χ4n) is 2.30. The Morgan fingerprint density at radius 3 is 2.82 bits per heavy atom. The number of rotatable bonds is 1. The van der Waals surface area contributed by atoms with Crippen LogP contribution >= 0.6 is 0 Å². The number of para-hydroxylation sites is 1. The normalized spacial score (nSPS) is 15.8. The van der Waals surface area contributed by atoms with E-state index in [1.807, 2.05) is 24.3 Å². The largest absolute Gasteiger partial charge is 1.00 e. The molecule has 2 aliphatic heterocycles. The second kappa shape index (κ2) is 4.69. The summed E-state index contributed by atoms with van der Waals surface area (Å²) in [6.07, 6.45) is 5.83. The molecular formula is C13H10NNaO2. The molecule has 0 N–H and O–H groups in total. The molecular weight excluding hydrogens is 225 g/mol. The average Bonchev–Trinajstić information content (AvgIpc) is 2.29. The Hall–Kier alpha value is -1.03. The summed E-state index contributed by atoms with van der Waals surface area (Å²) in [6, 6.07) is 5.92. The summed E-state index contributed by atoms with van der Waals surface area (Å²) in [5.41, 5.74) is 3.60. The first-order chi connectivity index (χ1) is 7.75. The molecule has 3 rings (SSSR count). The van der Waals surface area contributed by atoms with Crippen molar-refractivity contribution in [2.24, 2.45) is 0 Å². The number of anilines is 1. The number of carbonyl (C=O) groups excluding carboxylic acids is 1. The van der Waals surface area contributed by atoms with E-state index in [-0.39, 0.29) is 29.6 Å². The van der Waals surface area contributed by atoms with Crippen LogP contribution in [-0.2, 0) is 4.79 Å². The van der Waals surface area contributed by atoms with Crippen molar-refractivity contribution in [2.75, 3.05) is 18.0 Å². The van der Waals surface area contributed by atoms with Crippen molar-refractivity contribution in [3.05, 3.63) is 41.0 Å². The van der Waals surface area contributed by atoms with Crippen LogP contribution in [0, 0.1) is 0 Å². The Labute approximate surface area is 122 Å². The van der Waals surface area contributed by atoms with Crippen molar-refractivity contribution in [3.8, 4) is 0 Å². The molecule has 0 amide bonds. The predicted octanol–water partition coefficient (Wildman–Crippen LogP) is -2.33. The van der Waals surface area contributed by atoms with E-state index in [0.717, 1.165) is 23.4 Å². The molecule has 0 radical (unpaired) electrons. The van der Waals surface area contributed by atoms with Gasteiger partial charge in [-0.25, -0.2) is 0 Å². The molecule has 17 heavy (non-hydrogen) atoms. The second-order valence-corrected chi connectivity index (χ2v) is 4.02. The number of hydrogen-bond acceptors (Lipinski definition) is 3. The van der Waals surface area contributed by atoms with Crippen molar-refractivity contribution in [3.63, 3.8) is 0 Å². The van der Waals surface area contributed by atoms with Gasteiger partial charge in [0.05, 0.1) is 11.7 Å². The van der Waals surface area contributed by atoms with Crippen molar-refractivity contribution in [2.45, 2.75) is 0 Å². The molecule has 3 nitrogen and oxygen atoms in total. The molecule has 2 aliphatic rings. The topological polar surface area (TPSA) is 43.4 Å². The van der Waals surface area contributed by atoms with Gasteiger partial charge in [-0.2, -0.15) is 0 Å². The summed E-state index contributed by atoms with van der Waals surface area (Å²) in [4.78, 5) is 13.0. The van der Waals surface area contributed by atoms with Gasteiger partial charge in [0, 0.05) is 13.1 Å². The SMILES string of the molecule is O=C([O-])C1=Cc2cccc3c2N(CC=C3)C1.[Na+]. The molecule has 0 bridgehead atoms. The number of carboxylic acid groups (broad SMARTS) is 1. The molecule has 0 unspecified atom stereocenters. The fraction of sp³-hybridized carbons (Fsp3) is 0.154. The minimum Gasteiger partial charge on any atom is -0.545 e. The van der Waals surface area contributed by atoms with Crippen LogP contribution in [0.4, 0.5) is 5.69 Å². The third-order valence-corrected chi connectivity index (χ3v) is 2.99. The van der Waals surface area contributed by atoms with E-state index in [0.29, 0.717) is 12.1 Å². The Bertz CT molecular complexity index is 534. The van der Waals surface area contributed by atoms with E-state index in [9.17, 15) is 9.90 Å². The number of benzene rings is 1. The number of carbonyl (C=O) groups is 1. The van der Waals surface area contributed by atoms with Crippen LogP contribution in [0.2, 0.25) is 0 Å². The zero-order chi connectivity index (χ0) is 11.1. The molecule has 0 spiro atoms. The monoisotopic (exact) mass is 235 g/mol. The average molecular weight is 235 g/mol. The summed E-state index contributed by atoms with van der Waals surface area (Å²) in [6.45, 7) is 1.19. The van der Waals surface area contributed by atoms with E-state index >= 15 is 0 Å². The third-order valence-electron chi connectivity index (χ3n) is 2.99. The second-order valence-electron chi connectivity index (χ2n) is 4.02. The van der Waals surface area contributed by atoms with Gasteiger partial charge in [0.2, 0.25) is 0 Å². The van der Waals surface area contributed by atoms with E-state index in [4.69, 9.17) is 0 Å². The van der Waals surface area contributed by atoms with Gasteiger partial charge in [0.15, 0.2) is 0 Å². The smallest absolute Gasteiger partial charge is 0.545 e. The number of aliphatic carboxylic acids is 1. The maximum absolute atomic E-state index is 10.9. The molecule has 0 aliphatic carbocycles. The summed E-state index contributed by atoms with van der Waals surface area (Å²) < 4.78 is 0. The molecule has 0 saturated heterocycles. The zero-order valence-corrected chi connectivity index (χ0v) is 11.6. The Balaban J connectivity index is 0.00000108. The fourth-order valence-corrected chi connectivity index (χ4v) is 2.30. The van der Waals surface area contributed by atoms with E-state index in [1.54, 1.807) is 6.08 Å². The van der Waals surface area contributed by atoms with Crippen LogP contribution in [0.5, 0.6) is 0 Å². The van der Waals surface area contributed by atoms with Crippen molar-refractivity contribution in [1.82, 2.24) is 0 Å². The van der Waals surface area contributed by atoms with Crippen LogP contribution in [-0.4, -0.2) is 19.1 Å². The van der Waals surface area contributed by atoms with Crippen molar-refractivity contribution in [1.29, 1.82) is 0 Å². The summed E-state index contributed by atoms with van der Waals surface area (Å²) in [7, 11) is 0. The van der Waals surface area contributed by atoms with Crippen molar-refractivity contribution >= 4 is 23.8 Å². The standard InChI is InChI=1S/C13H11NO2.Na/c15-13(16)11-7-10-4-1-3-9-5-2-6-14(8-11)12(9)10;/h1-5,7H,6,8H2,(H,15,16);/q;+1/p-1. The van der Waals surface area contributed by atoms with Gasteiger partial charge in [-0.05, 0) is 22.8 Å². The van der Waals surface area contributed by atoms with Gasteiger partial charge in [-0.1, -0.05) is 30.4 Å². The Kier molecular flexibility index (Phi) is 3.43. The van der Waals surface area contributed by atoms with Gasteiger partial charge in [-0.15, -0.1) is 0 Å². The molecule has 0 aromatic heterocycles. The summed E-state index contributed by atoms with van der Waals surface area (Å²) in [5.74, 6) is -1.08. The first-order valence-electron chi connectivity index (χ1n) is 5.22. The van der Waals surface area contributed by atoms with Crippen molar-refractivity contribution < 1.29 is 39.5 Å². The number of carboxylic acids is 1. The molecule has 2 heterocycles. The number of hydrogen-bond donors (Lipinski definition) is 0. The first kappa shape index (κ1) is 12.4. The van der Waals surface area contributed by atoms with Crippen LogP contribution in [0.3, 0.4) is 0 Å². The van der Waals surface area contributed by atoms with Gasteiger partial charge < -0.3 is 14.8 Å². The summed E-state index contributed by atoms with van der Waals surface area (Å²) >= 11 is 0.